The predicted molar refractivity (Wildman–Crippen MR) is 273 cm³/mol. The smallest absolute Gasteiger partial charge is 0.306 e. The molecule has 3 atom stereocenters. The van der Waals surface area contributed by atoms with Crippen LogP contribution in [0.3, 0.4) is 0 Å². The van der Waals surface area contributed by atoms with Gasteiger partial charge in [-0.2, -0.15) is 0 Å². The molecule has 1 amide bonds. The SMILES string of the molecule is CCCC/C=C\CCCCCC(CC(=O)NC(CO)C(O)CCCCCCCCCCCCCCCCCCC)OC(=O)CCCCCCC/C=C/C=C/C=C/CCCCCCC. The number of aliphatic hydroxyl groups excluding tert-OH is 2. The van der Waals surface area contributed by atoms with E-state index in [1.165, 1.54) is 141 Å². The van der Waals surface area contributed by atoms with E-state index in [9.17, 15) is 19.8 Å². The lowest BCUT2D eigenvalue weighted by molar-refractivity contribution is -0.151. The first-order valence-electron chi connectivity index (χ1n) is 27.4. The molecule has 0 aliphatic rings. The maximum atomic E-state index is 13.2. The summed E-state index contributed by atoms with van der Waals surface area (Å²) in [6.07, 6.45) is 61.8. The van der Waals surface area contributed by atoms with Crippen molar-refractivity contribution < 1.29 is 24.5 Å². The molecule has 0 radical (unpaired) electrons. The Balaban J connectivity index is 4.44. The second-order valence-electron chi connectivity index (χ2n) is 18.7. The summed E-state index contributed by atoms with van der Waals surface area (Å²) in [4.78, 5) is 26.1. The lowest BCUT2D eigenvalue weighted by Crippen LogP contribution is -2.46. The molecule has 63 heavy (non-hydrogen) atoms. The second-order valence-corrected chi connectivity index (χ2v) is 18.7. The van der Waals surface area contributed by atoms with Gasteiger partial charge in [0.1, 0.15) is 6.10 Å². The zero-order chi connectivity index (χ0) is 45.9. The van der Waals surface area contributed by atoms with Crippen molar-refractivity contribution in [3.8, 4) is 0 Å². The van der Waals surface area contributed by atoms with Crippen LogP contribution in [0.2, 0.25) is 0 Å². The van der Waals surface area contributed by atoms with Crippen LogP contribution in [0.5, 0.6) is 0 Å². The van der Waals surface area contributed by atoms with E-state index in [0.717, 1.165) is 89.9 Å². The molecule has 3 unspecified atom stereocenters. The number of unbranched alkanes of at least 4 members (excludes halogenated alkanes) is 31. The van der Waals surface area contributed by atoms with Gasteiger partial charge in [0.25, 0.3) is 0 Å². The Labute approximate surface area is 391 Å². The molecule has 0 fully saturated rings. The summed E-state index contributed by atoms with van der Waals surface area (Å²) < 4.78 is 5.91. The van der Waals surface area contributed by atoms with Gasteiger partial charge in [-0.05, 0) is 70.6 Å². The molecule has 0 aromatic carbocycles. The molecule has 0 aliphatic carbocycles. The van der Waals surface area contributed by atoms with E-state index < -0.39 is 18.2 Å². The number of esters is 1. The highest BCUT2D eigenvalue weighted by atomic mass is 16.5. The molecule has 0 aliphatic heterocycles. The summed E-state index contributed by atoms with van der Waals surface area (Å²) in [6.45, 7) is 6.43. The van der Waals surface area contributed by atoms with Crippen LogP contribution >= 0.6 is 0 Å². The number of carbonyl (C=O) groups excluding carboxylic acids is 2. The van der Waals surface area contributed by atoms with Gasteiger partial charge in [-0.15, -0.1) is 0 Å². The molecule has 3 N–H and O–H groups in total. The van der Waals surface area contributed by atoms with E-state index in [0.29, 0.717) is 19.3 Å². The summed E-state index contributed by atoms with van der Waals surface area (Å²) in [5, 5.41) is 23.8. The maximum absolute atomic E-state index is 13.2. The van der Waals surface area contributed by atoms with Crippen molar-refractivity contribution in [2.45, 2.75) is 296 Å². The third-order valence-corrected chi connectivity index (χ3v) is 12.4. The van der Waals surface area contributed by atoms with Crippen LogP contribution in [-0.2, 0) is 14.3 Å². The summed E-state index contributed by atoms with van der Waals surface area (Å²) in [7, 11) is 0. The van der Waals surface area contributed by atoms with Gasteiger partial charge in [0.05, 0.1) is 25.2 Å². The molecule has 0 spiro atoms. The Bertz CT molecular complexity index is 1080. The van der Waals surface area contributed by atoms with Gasteiger partial charge in [-0.3, -0.25) is 9.59 Å². The van der Waals surface area contributed by atoms with Crippen molar-refractivity contribution in [3.63, 3.8) is 0 Å². The van der Waals surface area contributed by atoms with Crippen LogP contribution in [0.25, 0.3) is 0 Å². The van der Waals surface area contributed by atoms with Gasteiger partial charge in [0.15, 0.2) is 0 Å². The summed E-state index contributed by atoms with van der Waals surface area (Å²) in [6, 6.07) is -0.710. The molecule has 368 valence electrons. The van der Waals surface area contributed by atoms with Crippen LogP contribution in [-0.4, -0.2) is 46.9 Å². The molecule has 0 rings (SSSR count). The first-order chi connectivity index (χ1) is 31.0. The third kappa shape index (κ3) is 46.2. The monoisotopic (exact) mass is 884 g/mol. The molecular weight excluding hydrogens is 779 g/mol. The Morgan fingerprint density at radius 1 is 0.460 bits per heavy atom. The lowest BCUT2D eigenvalue weighted by Gasteiger charge is -2.24. The largest absolute Gasteiger partial charge is 0.462 e. The number of aliphatic hydroxyl groups is 2. The highest BCUT2D eigenvalue weighted by Gasteiger charge is 2.24. The minimum Gasteiger partial charge on any atom is -0.462 e. The van der Waals surface area contributed by atoms with Crippen LogP contribution in [0.4, 0.5) is 0 Å². The van der Waals surface area contributed by atoms with Crippen molar-refractivity contribution in [1.82, 2.24) is 5.32 Å². The number of hydrogen-bond donors (Lipinski definition) is 3. The van der Waals surface area contributed by atoms with E-state index in [4.69, 9.17) is 4.74 Å². The highest BCUT2D eigenvalue weighted by Crippen LogP contribution is 2.18. The standard InChI is InChI=1S/C57H105NO5/c1-4-7-10-13-16-19-21-23-25-27-29-31-33-35-38-41-44-47-50-57(62)63-53(48-45-42-39-36-18-15-12-9-6-3)51-56(61)58-54(52-59)55(60)49-46-43-40-37-34-32-30-28-26-24-22-20-17-14-11-8-5-2/h15,18,21,23,25,27,29,31,53-55,59-60H,4-14,16-17,19-20,22,24,26,28,30,32-52H2,1-3H3,(H,58,61)/b18-15-,23-21+,27-25+,31-29+. The molecule has 6 nitrogen and oxygen atoms in total. The molecule has 0 saturated carbocycles. The van der Waals surface area contributed by atoms with Gasteiger partial charge in [0, 0.05) is 6.42 Å². The number of amides is 1. The zero-order valence-corrected chi connectivity index (χ0v) is 42.0. The van der Waals surface area contributed by atoms with E-state index in [-0.39, 0.29) is 24.9 Å². The lowest BCUT2D eigenvalue weighted by atomic mass is 10.0. The maximum Gasteiger partial charge on any atom is 0.306 e. The van der Waals surface area contributed by atoms with Gasteiger partial charge < -0.3 is 20.3 Å². The van der Waals surface area contributed by atoms with Crippen molar-refractivity contribution >= 4 is 11.9 Å². The molecule has 0 heterocycles. The Hall–Kier alpha value is -2.18. The molecule has 0 aromatic rings. The molecule has 0 saturated heterocycles. The number of ether oxygens (including phenoxy) is 1. The Morgan fingerprint density at radius 2 is 0.841 bits per heavy atom. The van der Waals surface area contributed by atoms with Crippen molar-refractivity contribution in [2.24, 2.45) is 0 Å². The minimum absolute atomic E-state index is 0.0587. The molecule has 0 bridgehead atoms. The predicted octanol–water partition coefficient (Wildman–Crippen LogP) is 16.6. The van der Waals surface area contributed by atoms with Crippen molar-refractivity contribution in [3.05, 3.63) is 48.6 Å². The second kappa shape index (κ2) is 50.8. The van der Waals surface area contributed by atoms with Gasteiger partial charge in [-0.25, -0.2) is 0 Å². The fourth-order valence-electron chi connectivity index (χ4n) is 8.24. The van der Waals surface area contributed by atoms with Crippen LogP contribution in [0.15, 0.2) is 48.6 Å². The Kier molecular flexibility index (Phi) is 49.1. The van der Waals surface area contributed by atoms with Gasteiger partial charge in [0.2, 0.25) is 5.91 Å². The first-order valence-corrected chi connectivity index (χ1v) is 27.4. The fraction of sp³-hybridized carbons (Fsp3) is 0.825. The van der Waals surface area contributed by atoms with Crippen molar-refractivity contribution in [2.75, 3.05) is 6.61 Å². The third-order valence-electron chi connectivity index (χ3n) is 12.4. The minimum atomic E-state index is -0.795. The average molecular weight is 884 g/mol. The van der Waals surface area contributed by atoms with E-state index >= 15 is 0 Å². The summed E-state index contributed by atoms with van der Waals surface area (Å²) >= 11 is 0. The van der Waals surface area contributed by atoms with Gasteiger partial charge in [-0.1, -0.05) is 243 Å². The fourth-order valence-corrected chi connectivity index (χ4v) is 8.24. The summed E-state index contributed by atoms with van der Waals surface area (Å²) in [5.41, 5.74) is 0. The number of rotatable bonds is 49. The normalized spacial score (nSPS) is 13.5. The average Bonchev–Trinajstić information content (AvgIpc) is 3.28. The molecular formula is C57H105NO5. The van der Waals surface area contributed by atoms with E-state index in [1.54, 1.807) is 0 Å². The van der Waals surface area contributed by atoms with Crippen molar-refractivity contribution in [1.29, 1.82) is 0 Å². The number of hydrogen-bond acceptors (Lipinski definition) is 5. The van der Waals surface area contributed by atoms with E-state index in [2.05, 4.69) is 74.7 Å². The quantitative estimate of drug-likeness (QED) is 0.0245. The zero-order valence-electron chi connectivity index (χ0n) is 42.0. The van der Waals surface area contributed by atoms with Gasteiger partial charge >= 0.3 is 5.97 Å². The first kappa shape index (κ1) is 60.8. The van der Waals surface area contributed by atoms with E-state index in [1.807, 2.05) is 0 Å². The number of carbonyl (C=O) groups is 2. The highest BCUT2D eigenvalue weighted by molar-refractivity contribution is 5.77. The number of allylic oxidation sites excluding steroid dienone is 8. The van der Waals surface area contributed by atoms with Crippen LogP contribution < -0.4 is 5.32 Å². The molecule has 0 aromatic heterocycles. The topological polar surface area (TPSA) is 95.9 Å². The number of nitrogens with one attached hydrogen (secondary N) is 1. The van der Waals surface area contributed by atoms with Crippen LogP contribution in [0, 0.1) is 0 Å². The Morgan fingerprint density at radius 3 is 1.32 bits per heavy atom. The molecule has 6 heteroatoms. The summed E-state index contributed by atoms with van der Waals surface area (Å²) in [5.74, 6) is -0.509. The van der Waals surface area contributed by atoms with Crippen LogP contribution in [0.1, 0.15) is 278 Å².